The summed E-state index contributed by atoms with van der Waals surface area (Å²) in [5.74, 6) is 0. The van der Waals surface area contributed by atoms with Gasteiger partial charge in [0.2, 0.25) is 0 Å². The van der Waals surface area contributed by atoms with E-state index in [-0.39, 0.29) is 5.22 Å². The molecule has 0 aliphatic rings. The van der Waals surface area contributed by atoms with Gasteiger partial charge in [0, 0.05) is 5.22 Å². The molecule has 18 heavy (non-hydrogen) atoms. The molecule has 0 rings (SSSR count). The van der Waals surface area contributed by atoms with Crippen molar-refractivity contribution in [2.75, 3.05) is 0 Å². The SMILES string of the molecule is CC[C@@H](C)[Si](C)(CC)O[C@](C)(CC)[Si](C)(C)CC. The van der Waals surface area contributed by atoms with Crippen LogP contribution in [0.2, 0.25) is 37.3 Å². The van der Waals surface area contributed by atoms with Gasteiger partial charge in [-0.1, -0.05) is 60.2 Å². The molecule has 3 atom stereocenters. The van der Waals surface area contributed by atoms with E-state index in [1.807, 2.05) is 0 Å². The highest BCUT2D eigenvalue weighted by Gasteiger charge is 2.47. The third-order valence-electron chi connectivity index (χ3n) is 5.81. The summed E-state index contributed by atoms with van der Waals surface area (Å²) in [6.45, 7) is 21.5. The highest BCUT2D eigenvalue weighted by Crippen LogP contribution is 2.39. The molecule has 0 heterocycles. The summed E-state index contributed by atoms with van der Waals surface area (Å²) >= 11 is 0. The van der Waals surface area contributed by atoms with Gasteiger partial charge in [0.05, 0.1) is 8.07 Å². The van der Waals surface area contributed by atoms with E-state index < -0.39 is 16.4 Å². The fraction of sp³-hybridized carbons (Fsp3) is 1.00. The Morgan fingerprint density at radius 3 is 1.78 bits per heavy atom. The Kier molecular flexibility index (Phi) is 6.86. The van der Waals surface area contributed by atoms with E-state index in [2.05, 4.69) is 61.2 Å². The molecule has 3 heteroatoms. The maximum atomic E-state index is 6.93. The van der Waals surface area contributed by atoms with E-state index >= 15 is 0 Å². The van der Waals surface area contributed by atoms with Gasteiger partial charge in [0.1, 0.15) is 0 Å². The van der Waals surface area contributed by atoms with Gasteiger partial charge in [0.15, 0.2) is 8.32 Å². The first-order chi connectivity index (χ1) is 8.12. The van der Waals surface area contributed by atoms with Crippen LogP contribution in [0.4, 0.5) is 0 Å². The molecular formula is C15H36OSi2. The second kappa shape index (κ2) is 6.71. The molecule has 0 aromatic carbocycles. The predicted octanol–water partition coefficient (Wildman–Crippen LogP) is 5.83. The Morgan fingerprint density at radius 1 is 1.00 bits per heavy atom. The minimum absolute atomic E-state index is 0.155. The van der Waals surface area contributed by atoms with E-state index in [4.69, 9.17) is 4.43 Å². The Morgan fingerprint density at radius 2 is 1.50 bits per heavy atom. The molecule has 0 saturated heterocycles. The second-order valence-electron chi connectivity index (χ2n) is 6.90. The minimum Gasteiger partial charge on any atom is -0.414 e. The van der Waals surface area contributed by atoms with Crippen molar-refractivity contribution in [1.82, 2.24) is 0 Å². The molecule has 0 spiro atoms. The molecule has 0 saturated carbocycles. The summed E-state index contributed by atoms with van der Waals surface area (Å²) in [6.07, 6.45) is 2.42. The lowest BCUT2D eigenvalue weighted by molar-refractivity contribution is 0.141. The lowest BCUT2D eigenvalue weighted by Crippen LogP contribution is -2.59. The zero-order valence-electron chi connectivity index (χ0n) is 14.3. The van der Waals surface area contributed by atoms with Crippen LogP contribution in [-0.4, -0.2) is 21.6 Å². The summed E-state index contributed by atoms with van der Waals surface area (Å²) in [5.41, 5.74) is 0.759. The normalized spacial score (nSPS) is 21.2. The molecule has 0 aromatic rings. The number of rotatable bonds is 8. The van der Waals surface area contributed by atoms with Crippen molar-refractivity contribution in [3.63, 3.8) is 0 Å². The van der Waals surface area contributed by atoms with Crippen molar-refractivity contribution in [2.45, 2.75) is 96.9 Å². The van der Waals surface area contributed by atoms with Crippen LogP contribution in [-0.2, 0) is 4.43 Å². The summed E-state index contributed by atoms with van der Waals surface area (Å²) < 4.78 is 6.93. The van der Waals surface area contributed by atoms with Gasteiger partial charge in [-0.2, -0.15) is 0 Å². The topological polar surface area (TPSA) is 9.23 Å². The predicted molar refractivity (Wildman–Crippen MR) is 89.6 cm³/mol. The average Bonchev–Trinajstić information content (AvgIpc) is 2.36. The van der Waals surface area contributed by atoms with Crippen molar-refractivity contribution >= 4 is 16.4 Å². The van der Waals surface area contributed by atoms with E-state index in [9.17, 15) is 0 Å². The summed E-state index contributed by atoms with van der Waals surface area (Å²) in [5, 5.41) is 0.155. The average molecular weight is 289 g/mol. The Hall–Kier alpha value is 0.394. The van der Waals surface area contributed by atoms with Crippen LogP contribution in [0, 0.1) is 0 Å². The molecule has 0 aromatic heterocycles. The molecule has 0 bridgehead atoms. The van der Waals surface area contributed by atoms with Gasteiger partial charge in [0.25, 0.3) is 0 Å². The molecule has 1 nitrogen and oxygen atoms in total. The van der Waals surface area contributed by atoms with E-state index in [0.717, 1.165) is 5.54 Å². The van der Waals surface area contributed by atoms with E-state index in [1.165, 1.54) is 24.9 Å². The zero-order chi connectivity index (χ0) is 14.6. The summed E-state index contributed by atoms with van der Waals surface area (Å²) in [4.78, 5) is 0. The molecule has 0 fully saturated rings. The van der Waals surface area contributed by atoms with Gasteiger partial charge in [-0.05, 0) is 31.5 Å². The van der Waals surface area contributed by atoms with Crippen LogP contribution in [0.15, 0.2) is 0 Å². The maximum Gasteiger partial charge on any atom is 0.192 e. The first kappa shape index (κ1) is 18.4. The minimum atomic E-state index is -1.57. The van der Waals surface area contributed by atoms with Crippen molar-refractivity contribution in [1.29, 1.82) is 0 Å². The fourth-order valence-electron chi connectivity index (χ4n) is 2.53. The standard InChI is InChI=1S/C15H36OSi2/c1-10-14(5)18(9,13-4)16-15(6,11-2)17(7,8)12-3/h14H,10-13H2,1-9H3/t14-,15+,18?/m1/s1. The summed E-state index contributed by atoms with van der Waals surface area (Å²) in [7, 11) is -2.88. The molecule has 0 amide bonds. The quantitative estimate of drug-likeness (QED) is 0.510. The number of hydrogen-bond acceptors (Lipinski definition) is 1. The first-order valence-electron chi connectivity index (χ1n) is 7.82. The van der Waals surface area contributed by atoms with Crippen LogP contribution < -0.4 is 0 Å². The van der Waals surface area contributed by atoms with Gasteiger partial charge < -0.3 is 4.43 Å². The molecule has 0 aliphatic carbocycles. The van der Waals surface area contributed by atoms with Gasteiger partial charge in [-0.3, -0.25) is 0 Å². The molecular weight excluding hydrogens is 252 g/mol. The van der Waals surface area contributed by atoms with Crippen LogP contribution in [0.3, 0.4) is 0 Å². The third kappa shape index (κ3) is 3.70. The highest BCUT2D eigenvalue weighted by atomic mass is 28.4. The smallest absolute Gasteiger partial charge is 0.192 e. The lowest BCUT2D eigenvalue weighted by Gasteiger charge is -2.49. The van der Waals surface area contributed by atoms with E-state index in [1.54, 1.807) is 0 Å². The van der Waals surface area contributed by atoms with Crippen LogP contribution in [0.25, 0.3) is 0 Å². The van der Waals surface area contributed by atoms with Crippen molar-refractivity contribution in [3.05, 3.63) is 0 Å². The molecule has 0 aliphatic heterocycles. The number of hydrogen-bond donors (Lipinski definition) is 0. The third-order valence-corrected chi connectivity index (χ3v) is 15.9. The highest BCUT2D eigenvalue weighted by molar-refractivity contribution is 6.82. The van der Waals surface area contributed by atoms with Crippen molar-refractivity contribution < 1.29 is 4.43 Å². The van der Waals surface area contributed by atoms with Crippen LogP contribution in [0.5, 0.6) is 0 Å². The second-order valence-corrected chi connectivity index (χ2v) is 17.0. The lowest BCUT2D eigenvalue weighted by atomic mass is 10.3. The molecule has 0 radical (unpaired) electrons. The maximum absolute atomic E-state index is 6.93. The van der Waals surface area contributed by atoms with Gasteiger partial charge in [-0.25, -0.2) is 0 Å². The first-order valence-corrected chi connectivity index (χ1v) is 13.7. The van der Waals surface area contributed by atoms with Gasteiger partial charge >= 0.3 is 0 Å². The zero-order valence-corrected chi connectivity index (χ0v) is 16.3. The van der Waals surface area contributed by atoms with Crippen molar-refractivity contribution in [3.8, 4) is 0 Å². The largest absolute Gasteiger partial charge is 0.414 e. The molecule has 0 N–H and O–H groups in total. The fourth-order valence-corrected chi connectivity index (χ4v) is 9.12. The monoisotopic (exact) mass is 288 g/mol. The van der Waals surface area contributed by atoms with Gasteiger partial charge in [-0.15, -0.1) is 0 Å². The van der Waals surface area contributed by atoms with Crippen LogP contribution in [0.1, 0.15) is 54.4 Å². The van der Waals surface area contributed by atoms with E-state index in [0.29, 0.717) is 0 Å². The Labute approximate surface area is 118 Å². The molecule has 1 unspecified atom stereocenters. The summed E-state index contributed by atoms with van der Waals surface area (Å²) in [6, 6.07) is 2.55. The Balaban J connectivity index is 5.22. The Bertz CT molecular complexity index is 255. The van der Waals surface area contributed by atoms with Crippen molar-refractivity contribution in [2.24, 2.45) is 0 Å². The van der Waals surface area contributed by atoms with Crippen LogP contribution >= 0.6 is 0 Å². The molecule has 110 valence electrons.